The van der Waals surface area contributed by atoms with Crippen LogP contribution in [0.2, 0.25) is 0 Å². The quantitative estimate of drug-likeness (QED) is 0.805. The maximum Gasteiger partial charge on any atom is 0.206 e. The van der Waals surface area contributed by atoms with Crippen LogP contribution < -0.4 is 10.2 Å². The summed E-state index contributed by atoms with van der Waals surface area (Å²) in [7, 11) is 0. The number of rotatable bonds is 3. The first-order chi connectivity index (χ1) is 14.7. The average Bonchev–Trinajstić information content (AvgIpc) is 3.17. The number of benzene rings is 1. The molecule has 3 fully saturated rings. The van der Waals surface area contributed by atoms with E-state index in [0.717, 1.165) is 31.7 Å². The Labute approximate surface area is 181 Å². The molecule has 0 spiro atoms. The number of fused-ring (bicyclic) bond motifs is 1. The lowest BCUT2D eigenvalue weighted by Crippen LogP contribution is -2.50. The lowest BCUT2D eigenvalue weighted by Gasteiger charge is -2.46. The highest BCUT2D eigenvalue weighted by molar-refractivity contribution is 5.79. The van der Waals surface area contributed by atoms with Gasteiger partial charge in [-0.25, -0.2) is 4.98 Å². The molecular formula is C25H39N5. The van der Waals surface area contributed by atoms with Crippen LogP contribution in [0.5, 0.6) is 0 Å². The van der Waals surface area contributed by atoms with E-state index in [9.17, 15) is 0 Å². The fourth-order valence-electron chi connectivity index (χ4n) is 6.13. The number of nitrogens with zero attached hydrogens (tertiary/aromatic N) is 4. The van der Waals surface area contributed by atoms with E-state index in [2.05, 4.69) is 50.9 Å². The fraction of sp³-hybridized carbons (Fsp3) is 0.720. The molecule has 2 saturated heterocycles. The number of hydrogen-bond acceptors (Lipinski definition) is 4. The van der Waals surface area contributed by atoms with Gasteiger partial charge in [-0.2, -0.15) is 0 Å². The van der Waals surface area contributed by atoms with E-state index >= 15 is 0 Å². The van der Waals surface area contributed by atoms with Crippen LogP contribution in [-0.2, 0) is 0 Å². The van der Waals surface area contributed by atoms with E-state index in [0.29, 0.717) is 11.6 Å². The maximum absolute atomic E-state index is 5.10. The predicted octanol–water partition coefficient (Wildman–Crippen LogP) is 4.59. The SMILES string of the molecule is CC1(N2CCC(n3c(N4CCNCC4)nc4ccccc43)CC2)CCCCCCC1. The third kappa shape index (κ3) is 3.99. The number of piperidine rings is 1. The predicted molar refractivity (Wildman–Crippen MR) is 125 cm³/mol. The van der Waals surface area contributed by atoms with Gasteiger partial charge in [0.25, 0.3) is 0 Å². The first-order valence-electron chi connectivity index (χ1n) is 12.4. The Morgan fingerprint density at radius 2 is 1.57 bits per heavy atom. The number of aromatic nitrogens is 2. The summed E-state index contributed by atoms with van der Waals surface area (Å²) in [5, 5.41) is 3.49. The molecule has 3 heterocycles. The normalized spacial score (nSPS) is 24.6. The summed E-state index contributed by atoms with van der Waals surface area (Å²) in [4.78, 5) is 10.4. The monoisotopic (exact) mass is 409 g/mol. The van der Waals surface area contributed by atoms with Crippen molar-refractivity contribution >= 4 is 17.0 Å². The van der Waals surface area contributed by atoms with Crippen molar-refractivity contribution < 1.29 is 0 Å². The summed E-state index contributed by atoms with van der Waals surface area (Å²) in [6.45, 7) is 9.24. The maximum atomic E-state index is 5.10. The summed E-state index contributed by atoms with van der Waals surface area (Å²) in [6, 6.07) is 9.32. The van der Waals surface area contributed by atoms with Gasteiger partial charge in [0.05, 0.1) is 11.0 Å². The van der Waals surface area contributed by atoms with Gasteiger partial charge < -0.3 is 14.8 Å². The third-order valence-electron chi connectivity index (χ3n) is 8.00. The molecule has 5 rings (SSSR count). The van der Waals surface area contributed by atoms with Gasteiger partial charge in [0.1, 0.15) is 0 Å². The second-order valence-electron chi connectivity index (χ2n) is 9.99. The molecule has 1 aliphatic carbocycles. The van der Waals surface area contributed by atoms with Crippen LogP contribution in [-0.4, -0.2) is 59.3 Å². The zero-order valence-corrected chi connectivity index (χ0v) is 18.8. The van der Waals surface area contributed by atoms with Gasteiger partial charge in [0.15, 0.2) is 0 Å². The Kier molecular flexibility index (Phi) is 6.01. The molecule has 1 saturated carbocycles. The van der Waals surface area contributed by atoms with Crippen LogP contribution in [0, 0.1) is 0 Å². The van der Waals surface area contributed by atoms with Crippen molar-refractivity contribution in [3.8, 4) is 0 Å². The Bertz CT molecular complexity index is 821. The molecular weight excluding hydrogens is 370 g/mol. The number of nitrogens with one attached hydrogen (secondary N) is 1. The molecule has 2 aromatic rings. The van der Waals surface area contributed by atoms with Crippen LogP contribution in [0.4, 0.5) is 5.95 Å². The van der Waals surface area contributed by atoms with Crippen molar-refractivity contribution in [3.63, 3.8) is 0 Å². The molecule has 0 bridgehead atoms. The number of hydrogen-bond donors (Lipinski definition) is 1. The van der Waals surface area contributed by atoms with Crippen LogP contribution in [0.25, 0.3) is 11.0 Å². The fourth-order valence-corrected chi connectivity index (χ4v) is 6.13. The zero-order chi connectivity index (χ0) is 20.4. The van der Waals surface area contributed by atoms with Gasteiger partial charge in [-0.05, 0) is 44.7 Å². The van der Waals surface area contributed by atoms with E-state index in [1.165, 1.54) is 82.3 Å². The standard InChI is InChI=1S/C25H39N5/c1-25(13-7-3-2-4-8-14-25)29-17-11-21(12-18-29)30-23-10-6-5-9-22(23)27-24(30)28-19-15-26-16-20-28/h5-6,9-10,21,26H,2-4,7-8,11-20H2,1H3. The summed E-state index contributed by atoms with van der Waals surface area (Å²) >= 11 is 0. The van der Waals surface area contributed by atoms with Crippen LogP contribution >= 0.6 is 0 Å². The molecule has 1 N–H and O–H groups in total. The van der Waals surface area contributed by atoms with Crippen LogP contribution in [0.3, 0.4) is 0 Å². The largest absolute Gasteiger partial charge is 0.340 e. The lowest BCUT2D eigenvalue weighted by atomic mass is 9.82. The minimum atomic E-state index is 0.420. The second kappa shape index (κ2) is 8.88. The van der Waals surface area contributed by atoms with E-state index < -0.39 is 0 Å². The first-order valence-corrected chi connectivity index (χ1v) is 12.4. The third-order valence-corrected chi connectivity index (χ3v) is 8.00. The summed E-state index contributed by atoms with van der Waals surface area (Å²) in [5.41, 5.74) is 2.89. The summed E-state index contributed by atoms with van der Waals surface area (Å²) in [6.07, 6.45) is 12.4. The van der Waals surface area contributed by atoms with Crippen molar-refractivity contribution in [3.05, 3.63) is 24.3 Å². The Morgan fingerprint density at radius 3 is 2.30 bits per heavy atom. The molecule has 1 aromatic heterocycles. The van der Waals surface area contributed by atoms with Crippen LogP contribution in [0.15, 0.2) is 24.3 Å². The summed E-state index contributed by atoms with van der Waals surface area (Å²) in [5.74, 6) is 1.20. The van der Waals surface area contributed by atoms with Gasteiger partial charge in [-0.1, -0.05) is 44.2 Å². The number of anilines is 1. The van der Waals surface area contributed by atoms with Crippen molar-refractivity contribution in [2.75, 3.05) is 44.2 Å². The van der Waals surface area contributed by atoms with E-state index in [1.807, 2.05) is 0 Å². The Morgan fingerprint density at radius 1 is 0.900 bits per heavy atom. The van der Waals surface area contributed by atoms with Gasteiger partial charge in [0, 0.05) is 50.8 Å². The molecule has 30 heavy (non-hydrogen) atoms. The molecule has 5 heteroatoms. The van der Waals surface area contributed by atoms with Crippen molar-refractivity contribution in [1.29, 1.82) is 0 Å². The van der Waals surface area contributed by atoms with Crippen LogP contribution in [0.1, 0.15) is 70.8 Å². The van der Waals surface area contributed by atoms with Gasteiger partial charge in [0.2, 0.25) is 5.95 Å². The van der Waals surface area contributed by atoms with E-state index in [1.54, 1.807) is 0 Å². The van der Waals surface area contributed by atoms with E-state index in [4.69, 9.17) is 4.98 Å². The highest BCUT2D eigenvalue weighted by Gasteiger charge is 2.35. The minimum Gasteiger partial charge on any atom is -0.340 e. The highest BCUT2D eigenvalue weighted by atomic mass is 15.3. The zero-order valence-electron chi connectivity index (χ0n) is 18.8. The average molecular weight is 410 g/mol. The van der Waals surface area contributed by atoms with E-state index in [-0.39, 0.29) is 0 Å². The molecule has 0 unspecified atom stereocenters. The van der Waals surface area contributed by atoms with Gasteiger partial charge in [-0.3, -0.25) is 4.90 Å². The Hall–Kier alpha value is -1.59. The summed E-state index contributed by atoms with van der Waals surface area (Å²) < 4.78 is 2.60. The molecule has 164 valence electrons. The molecule has 5 nitrogen and oxygen atoms in total. The molecule has 0 amide bonds. The molecule has 0 atom stereocenters. The first kappa shape index (κ1) is 20.3. The minimum absolute atomic E-state index is 0.420. The van der Waals surface area contributed by atoms with Crippen molar-refractivity contribution in [1.82, 2.24) is 19.8 Å². The number of imidazole rings is 1. The second-order valence-corrected chi connectivity index (χ2v) is 9.99. The van der Waals surface area contributed by atoms with Crippen molar-refractivity contribution in [2.45, 2.75) is 76.3 Å². The van der Waals surface area contributed by atoms with Gasteiger partial charge in [-0.15, -0.1) is 0 Å². The molecule has 0 radical (unpaired) electrons. The molecule has 1 aromatic carbocycles. The highest BCUT2D eigenvalue weighted by Crippen LogP contribution is 2.38. The lowest BCUT2D eigenvalue weighted by molar-refractivity contribution is 0.0442. The molecule has 2 aliphatic heterocycles. The number of para-hydroxylation sites is 2. The van der Waals surface area contributed by atoms with Gasteiger partial charge >= 0.3 is 0 Å². The Balaban J connectivity index is 1.36. The number of piperazine rings is 1. The number of likely N-dealkylation sites (tertiary alicyclic amines) is 1. The smallest absolute Gasteiger partial charge is 0.206 e. The molecule has 3 aliphatic rings. The topological polar surface area (TPSA) is 36.3 Å². The van der Waals surface area contributed by atoms with Crippen molar-refractivity contribution in [2.24, 2.45) is 0 Å².